The molecule has 0 bridgehead atoms. The highest BCUT2D eigenvalue weighted by Crippen LogP contribution is 2.29. The van der Waals surface area contributed by atoms with Gasteiger partial charge < -0.3 is 35.4 Å². The van der Waals surface area contributed by atoms with E-state index in [0.717, 1.165) is 23.1 Å². The van der Waals surface area contributed by atoms with Gasteiger partial charge in [0.25, 0.3) is 0 Å². The second kappa shape index (κ2) is 17.7. The number of amides is 3. The van der Waals surface area contributed by atoms with Gasteiger partial charge in [0.2, 0.25) is 5.91 Å². The Balaban J connectivity index is 1.57. The number of carbonyl (C=O) groups excluding carboxylic acids is 2. The minimum atomic E-state index is -0.877. The second-order valence-corrected chi connectivity index (χ2v) is 12.8. The average molecular weight is 661 g/mol. The van der Waals surface area contributed by atoms with Gasteiger partial charge in [-0.05, 0) is 54.9 Å². The van der Waals surface area contributed by atoms with Gasteiger partial charge in [0.1, 0.15) is 17.5 Å². The van der Waals surface area contributed by atoms with Crippen molar-refractivity contribution < 1.29 is 24.2 Å². The summed E-state index contributed by atoms with van der Waals surface area (Å²) in [5.74, 6) is 1.01. The third-order valence-corrected chi connectivity index (χ3v) is 8.78. The fourth-order valence-electron chi connectivity index (χ4n) is 6.22. The average Bonchev–Trinajstić information content (AvgIpc) is 3.06. The Morgan fingerprint density at radius 3 is 2.06 bits per heavy atom. The standard InChI is InChI=1S/C37H48N4O5S/c1-25(2)35(41-20-12-19-38-37(41)44)36(43)39-28(21-26-13-7-5-8-14-26)23-31(42)30(22-27-15-9-6-10-16-27)40-34(47)24-29-32(45-3)17-11-18-33(29)46-4/h5-11,13-18,25,28,30-31,35,42H,12,19-24H2,1-4H3,(H,38,44)(H,39,43)(H,40,47)/t28-,30-,31-,35-/m1/s1. The molecule has 4 N–H and O–H groups in total. The van der Waals surface area contributed by atoms with Crippen LogP contribution in [0.1, 0.15) is 43.4 Å². The summed E-state index contributed by atoms with van der Waals surface area (Å²) in [6.07, 6.45) is 1.56. The molecule has 4 rings (SSSR count). The first-order valence-corrected chi connectivity index (χ1v) is 16.7. The summed E-state index contributed by atoms with van der Waals surface area (Å²) in [5, 5.41) is 21.4. The summed E-state index contributed by atoms with van der Waals surface area (Å²) in [5.41, 5.74) is 2.90. The summed E-state index contributed by atoms with van der Waals surface area (Å²) in [4.78, 5) is 28.8. The summed E-state index contributed by atoms with van der Waals surface area (Å²) in [6, 6.07) is 23.7. The number of nitrogens with zero attached hydrogens (tertiary/aromatic N) is 1. The Kier molecular flexibility index (Phi) is 13.4. The molecule has 9 nitrogen and oxygen atoms in total. The van der Waals surface area contributed by atoms with Crippen molar-refractivity contribution in [1.29, 1.82) is 0 Å². The Bertz CT molecular complexity index is 1430. The number of hydrogen-bond acceptors (Lipinski definition) is 6. The van der Waals surface area contributed by atoms with Crippen molar-refractivity contribution in [2.75, 3.05) is 27.3 Å². The fraction of sp³-hybridized carbons (Fsp3) is 0.432. The molecule has 1 aliphatic heterocycles. The lowest BCUT2D eigenvalue weighted by molar-refractivity contribution is -0.128. The Hall–Kier alpha value is -4.15. The van der Waals surface area contributed by atoms with E-state index in [2.05, 4.69) is 16.0 Å². The smallest absolute Gasteiger partial charge is 0.318 e. The number of benzene rings is 3. The number of urea groups is 1. The second-order valence-electron chi connectivity index (χ2n) is 12.3. The van der Waals surface area contributed by atoms with Gasteiger partial charge in [-0.1, -0.05) is 92.8 Å². The van der Waals surface area contributed by atoms with Crippen molar-refractivity contribution in [2.24, 2.45) is 5.92 Å². The molecule has 1 saturated heterocycles. The predicted molar refractivity (Wildman–Crippen MR) is 189 cm³/mol. The molecule has 0 saturated carbocycles. The maximum Gasteiger partial charge on any atom is 0.318 e. The molecule has 1 heterocycles. The molecule has 0 radical (unpaired) electrons. The maximum absolute atomic E-state index is 13.9. The molecular formula is C37H48N4O5S. The van der Waals surface area contributed by atoms with Crippen LogP contribution < -0.4 is 25.4 Å². The van der Waals surface area contributed by atoms with Crippen LogP contribution in [0.4, 0.5) is 4.79 Å². The number of hydrogen-bond donors (Lipinski definition) is 4. The van der Waals surface area contributed by atoms with E-state index in [4.69, 9.17) is 21.7 Å². The largest absolute Gasteiger partial charge is 0.496 e. The van der Waals surface area contributed by atoms with Crippen molar-refractivity contribution >= 4 is 29.1 Å². The lowest BCUT2D eigenvalue weighted by Crippen LogP contribution is -2.59. The zero-order valence-corrected chi connectivity index (χ0v) is 28.6. The highest BCUT2D eigenvalue weighted by atomic mass is 32.1. The Labute approximate surface area is 284 Å². The van der Waals surface area contributed by atoms with Crippen LogP contribution in [-0.4, -0.2) is 78.5 Å². The van der Waals surface area contributed by atoms with E-state index in [1.807, 2.05) is 92.7 Å². The third kappa shape index (κ3) is 10.2. The van der Waals surface area contributed by atoms with Crippen LogP contribution in [-0.2, 0) is 24.1 Å². The van der Waals surface area contributed by atoms with Gasteiger partial charge in [-0.25, -0.2) is 4.79 Å². The van der Waals surface area contributed by atoms with Crippen molar-refractivity contribution in [3.05, 3.63) is 95.6 Å². The molecule has 252 valence electrons. The molecule has 0 spiro atoms. The SMILES string of the molecule is COc1cccc(OC)c1CC(=S)N[C@H](Cc1ccccc1)[C@H](O)C[C@@H](Cc1ccccc1)NC(=O)[C@@H](C(C)C)N1CCCNC1=O. The summed E-state index contributed by atoms with van der Waals surface area (Å²) >= 11 is 5.85. The first-order valence-electron chi connectivity index (χ1n) is 16.3. The van der Waals surface area contributed by atoms with Crippen LogP contribution in [0.5, 0.6) is 11.5 Å². The number of aliphatic hydroxyl groups excluding tert-OH is 1. The quantitative estimate of drug-likeness (QED) is 0.165. The molecule has 10 heteroatoms. The summed E-state index contributed by atoms with van der Waals surface area (Å²) in [7, 11) is 3.22. The van der Waals surface area contributed by atoms with E-state index < -0.39 is 24.2 Å². The summed E-state index contributed by atoms with van der Waals surface area (Å²) < 4.78 is 11.2. The van der Waals surface area contributed by atoms with E-state index >= 15 is 0 Å². The van der Waals surface area contributed by atoms with Crippen molar-refractivity contribution in [2.45, 2.75) is 70.2 Å². The highest BCUT2D eigenvalue weighted by molar-refractivity contribution is 7.80. The van der Waals surface area contributed by atoms with E-state index in [1.165, 1.54) is 0 Å². The van der Waals surface area contributed by atoms with E-state index in [1.54, 1.807) is 19.1 Å². The molecular weight excluding hydrogens is 612 g/mol. The number of ether oxygens (including phenoxy) is 2. The van der Waals surface area contributed by atoms with Gasteiger partial charge in [0.15, 0.2) is 0 Å². The van der Waals surface area contributed by atoms with Gasteiger partial charge in [-0.15, -0.1) is 0 Å². The van der Waals surface area contributed by atoms with Crippen molar-refractivity contribution in [3.63, 3.8) is 0 Å². The summed E-state index contributed by atoms with van der Waals surface area (Å²) in [6.45, 7) is 5.02. The topological polar surface area (TPSA) is 112 Å². The zero-order valence-electron chi connectivity index (χ0n) is 27.8. The molecule has 47 heavy (non-hydrogen) atoms. The van der Waals surface area contributed by atoms with Gasteiger partial charge in [0.05, 0.1) is 31.4 Å². The molecule has 4 atom stereocenters. The Morgan fingerprint density at radius 1 is 0.915 bits per heavy atom. The molecule has 0 aromatic heterocycles. The number of rotatable bonds is 16. The van der Waals surface area contributed by atoms with Gasteiger partial charge in [-0.3, -0.25) is 4.79 Å². The Morgan fingerprint density at radius 2 is 1.51 bits per heavy atom. The lowest BCUT2D eigenvalue weighted by atomic mass is 9.92. The van der Waals surface area contributed by atoms with Crippen LogP contribution in [0.15, 0.2) is 78.9 Å². The molecule has 1 aliphatic rings. The van der Waals surface area contributed by atoms with Crippen LogP contribution >= 0.6 is 12.2 Å². The lowest BCUT2D eigenvalue weighted by Gasteiger charge is -2.37. The molecule has 1 fully saturated rings. The minimum absolute atomic E-state index is 0.0991. The highest BCUT2D eigenvalue weighted by Gasteiger charge is 2.35. The van der Waals surface area contributed by atoms with E-state index in [0.29, 0.717) is 48.8 Å². The number of aliphatic hydroxyl groups is 1. The van der Waals surface area contributed by atoms with Crippen molar-refractivity contribution in [1.82, 2.24) is 20.9 Å². The normalized spacial score (nSPS) is 15.6. The number of nitrogens with one attached hydrogen (secondary N) is 3. The van der Waals surface area contributed by atoms with E-state index in [-0.39, 0.29) is 24.3 Å². The van der Waals surface area contributed by atoms with Crippen molar-refractivity contribution in [3.8, 4) is 11.5 Å². The number of carbonyl (C=O) groups is 2. The molecule has 3 aromatic rings. The maximum atomic E-state index is 13.9. The fourth-order valence-corrected chi connectivity index (χ4v) is 6.52. The molecule has 3 aromatic carbocycles. The third-order valence-electron chi connectivity index (χ3n) is 8.52. The molecule has 3 amide bonds. The van der Waals surface area contributed by atoms with Crippen LogP contribution in [0, 0.1) is 5.92 Å². The van der Waals surface area contributed by atoms with Crippen LogP contribution in [0.2, 0.25) is 0 Å². The number of thiocarbonyl (C=S) groups is 1. The van der Waals surface area contributed by atoms with Crippen LogP contribution in [0.25, 0.3) is 0 Å². The molecule has 0 aliphatic carbocycles. The molecule has 0 unspecified atom stereocenters. The van der Waals surface area contributed by atoms with Gasteiger partial charge in [-0.2, -0.15) is 0 Å². The van der Waals surface area contributed by atoms with E-state index in [9.17, 15) is 14.7 Å². The minimum Gasteiger partial charge on any atom is -0.496 e. The monoisotopic (exact) mass is 660 g/mol. The van der Waals surface area contributed by atoms with Gasteiger partial charge in [0, 0.05) is 31.1 Å². The first-order chi connectivity index (χ1) is 22.7. The number of methoxy groups -OCH3 is 2. The predicted octanol–water partition coefficient (Wildman–Crippen LogP) is 4.69. The zero-order chi connectivity index (χ0) is 33.8. The van der Waals surface area contributed by atoms with Gasteiger partial charge >= 0.3 is 6.03 Å². The van der Waals surface area contributed by atoms with Crippen LogP contribution in [0.3, 0.4) is 0 Å². The first kappa shape index (κ1) is 35.7.